The predicted octanol–water partition coefficient (Wildman–Crippen LogP) is 4.69. The van der Waals surface area contributed by atoms with Gasteiger partial charge >= 0.3 is 7.60 Å². The minimum absolute atomic E-state index is 0.337. The fourth-order valence-corrected chi connectivity index (χ4v) is 4.14. The van der Waals surface area contributed by atoms with Gasteiger partial charge in [-0.3, -0.25) is 13.6 Å². The molecule has 0 aliphatic rings. The van der Waals surface area contributed by atoms with Crippen LogP contribution in [-0.2, 0) is 13.6 Å². The molecule has 0 aliphatic carbocycles. The lowest BCUT2D eigenvalue weighted by molar-refractivity contribution is 0.142. The maximum absolute atomic E-state index is 13.1. The number of hydrogen-bond donors (Lipinski definition) is 2. The molecule has 0 aromatic carbocycles. The van der Waals surface area contributed by atoms with Crippen molar-refractivity contribution in [1.82, 2.24) is 0 Å². The van der Waals surface area contributed by atoms with Crippen molar-refractivity contribution in [3.63, 3.8) is 0 Å². The molecule has 2 unspecified atom stereocenters. The first-order valence-electron chi connectivity index (χ1n) is 8.64. The predicted molar refractivity (Wildman–Crippen MR) is 98.2 cm³/mol. The maximum Gasteiger partial charge on any atom is 0.334 e. The Labute approximate surface area is 142 Å². The van der Waals surface area contributed by atoms with E-state index < -0.39 is 20.1 Å². The average molecular weight is 346 g/mol. The van der Waals surface area contributed by atoms with E-state index in [9.17, 15) is 4.57 Å². The minimum Gasteiger partial charge on any atom is -0.302 e. The van der Waals surface area contributed by atoms with Crippen LogP contribution in [0, 0.1) is 0 Å². The number of hydrogen-bond acceptors (Lipinski definition) is 5. The van der Waals surface area contributed by atoms with E-state index in [-0.39, 0.29) is 0 Å². The fourth-order valence-electron chi connectivity index (χ4n) is 2.31. The molecule has 0 heterocycles. The van der Waals surface area contributed by atoms with Crippen LogP contribution in [0.15, 0.2) is 23.3 Å². The highest BCUT2D eigenvalue weighted by atomic mass is 31.2. The largest absolute Gasteiger partial charge is 0.334 e. The third kappa shape index (κ3) is 8.27. The van der Waals surface area contributed by atoms with E-state index >= 15 is 0 Å². The summed E-state index contributed by atoms with van der Waals surface area (Å²) in [5.41, 5.74) is 13.9. The standard InChI is InChI=1S/C17H35N2O3P/c1-6-11-12-13-23(20,21-16(18)14(7-2)8-3)22-17(19)15(9-4)10-5/h7,9,16-17H,6,8,10-13,18-19H2,1-5H3. The molecule has 0 radical (unpaired) electrons. The summed E-state index contributed by atoms with van der Waals surface area (Å²) in [5, 5.41) is 0. The summed E-state index contributed by atoms with van der Waals surface area (Å²) in [6.45, 7) is 9.86. The smallest absolute Gasteiger partial charge is 0.302 e. The summed E-state index contributed by atoms with van der Waals surface area (Å²) in [6.07, 6.45) is 6.93. The lowest BCUT2D eigenvalue weighted by atomic mass is 10.2. The van der Waals surface area contributed by atoms with Crippen LogP contribution in [0.5, 0.6) is 0 Å². The van der Waals surface area contributed by atoms with E-state index in [1.165, 1.54) is 0 Å². The first-order chi connectivity index (χ1) is 10.9. The molecule has 5 nitrogen and oxygen atoms in total. The van der Waals surface area contributed by atoms with Gasteiger partial charge in [-0.25, -0.2) is 0 Å². The molecule has 0 fully saturated rings. The molecule has 0 aromatic heterocycles. The van der Waals surface area contributed by atoms with Gasteiger partial charge in [-0.05, 0) is 44.3 Å². The normalized spacial score (nSPS) is 18.6. The maximum atomic E-state index is 13.1. The van der Waals surface area contributed by atoms with Crippen molar-refractivity contribution in [3.8, 4) is 0 Å². The SMILES string of the molecule is CC=C(CC)C(N)OP(=O)(CCCCC)OC(N)C(=CC)CC. The van der Waals surface area contributed by atoms with Crippen LogP contribution in [0.3, 0.4) is 0 Å². The first-order valence-corrected chi connectivity index (χ1v) is 10.4. The number of rotatable bonds is 12. The molecule has 0 aromatic rings. The van der Waals surface area contributed by atoms with Crippen LogP contribution in [0.1, 0.15) is 66.7 Å². The van der Waals surface area contributed by atoms with Crippen molar-refractivity contribution < 1.29 is 13.6 Å². The molecule has 0 aliphatic heterocycles. The summed E-state index contributed by atoms with van der Waals surface area (Å²) >= 11 is 0. The van der Waals surface area contributed by atoms with Gasteiger partial charge in [-0.2, -0.15) is 0 Å². The molecule has 0 saturated carbocycles. The highest BCUT2D eigenvalue weighted by Gasteiger charge is 2.31. The van der Waals surface area contributed by atoms with Crippen molar-refractivity contribution in [1.29, 1.82) is 0 Å². The quantitative estimate of drug-likeness (QED) is 0.232. The molecule has 2 atom stereocenters. The van der Waals surface area contributed by atoms with Gasteiger partial charge in [0.1, 0.15) is 12.5 Å². The van der Waals surface area contributed by atoms with Crippen molar-refractivity contribution in [2.24, 2.45) is 11.5 Å². The summed E-state index contributed by atoms with van der Waals surface area (Å²) in [6, 6.07) is 0. The van der Waals surface area contributed by atoms with Gasteiger partial charge < -0.3 is 11.5 Å². The van der Waals surface area contributed by atoms with Gasteiger partial charge in [0.15, 0.2) is 0 Å². The second-order valence-electron chi connectivity index (χ2n) is 5.53. The zero-order valence-electron chi connectivity index (χ0n) is 15.4. The Balaban J connectivity index is 5.12. The van der Waals surface area contributed by atoms with Crippen molar-refractivity contribution in [3.05, 3.63) is 23.3 Å². The third-order valence-electron chi connectivity index (χ3n) is 3.87. The van der Waals surface area contributed by atoms with E-state index in [4.69, 9.17) is 20.5 Å². The third-order valence-corrected chi connectivity index (χ3v) is 5.83. The zero-order valence-corrected chi connectivity index (χ0v) is 16.3. The highest BCUT2D eigenvalue weighted by Crippen LogP contribution is 2.51. The van der Waals surface area contributed by atoms with Gasteiger partial charge in [-0.1, -0.05) is 45.8 Å². The Morgan fingerprint density at radius 2 is 1.39 bits per heavy atom. The topological polar surface area (TPSA) is 87.6 Å². The molecule has 0 rings (SSSR count). The molecule has 136 valence electrons. The van der Waals surface area contributed by atoms with Crippen LogP contribution in [0.4, 0.5) is 0 Å². The van der Waals surface area contributed by atoms with E-state index in [1.54, 1.807) is 0 Å². The van der Waals surface area contributed by atoms with Crippen LogP contribution < -0.4 is 11.5 Å². The number of nitrogens with two attached hydrogens (primary N) is 2. The van der Waals surface area contributed by atoms with Gasteiger partial charge in [0, 0.05) is 0 Å². The Bertz CT molecular complexity index is 404. The molecule has 23 heavy (non-hydrogen) atoms. The number of unbranched alkanes of at least 4 members (excludes halogenated alkanes) is 2. The molecular weight excluding hydrogens is 311 g/mol. The van der Waals surface area contributed by atoms with Gasteiger partial charge in [0.2, 0.25) is 0 Å². The Kier molecular flexibility index (Phi) is 11.8. The zero-order chi connectivity index (χ0) is 17.9. The molecule has 0 spiro atoms. The van der Waals surface area contributed by atoms with E-state index in [0.717, 1.165) is 43.3 Å². The second-order valence-corrected chi connectivity index (χ2v) is 7.62. The van der Waals surface area contributed by atoms with Crippen LogP contribution >= 0.6 is 7.60 Å². The summed E-state index contributed by atoms with van der Waals surface area (Å²) in [7, 11) is -3.35. The molecule has 0 saturated heterocycles. The lowest BCUT2D eigenvalue weighted by Gasteiger charge is -2.27. The molecule has 4 N–H and O–H groups in total. The second kappa shape index (κ2) is 12.0. The summed E-state index contributed by atoms with van der Waals surface area (Å²) in [5.74, 6) is 0. The Morgan fingerprint density at radius 1 is 0.957 bits per heavy atom. The summed E-state index contributed by atoms with van der Waals surface area (Å²) < 4.78 is 24.5. The van der Waals surface area contributed by atoms with Gasteiger partial charge in [0.25, 0.3) is 0 Å². The Morgan fingerprint density at radius 3 is 1.70 bits per heavy atom. The average Bonchev–Trinajstić information content (AvgIpc) is 2.49. The lowest BCUT2D eigenvalue weighted by Crippen LogP contribution is -2.30. The van der Waals surface area contributed by atoms with Gasteiger partial charge in [-0.15, -0.1) is 0 Å². The minimum atomic E-state index is -3.35. The van der Waals surface area contributed by atoms with Crippen LogP contribution in [0.25, 0.3) is 0 Å². The fraction of sp³-hybridized carbons (Fsp3) is 0.765. The number of allylic oxidation sites excluding steroid dienone is 2. The molecule has 0 amide bonds. The van der Waals surface area contributed by atoms with E-state index in [1.807, 2.05) is 39.8 Å². The van der Waals surface area contributed by atoms with Crippen molar-refractivity contribution in [2.45, 2.75) is 79.2 Å². The van der Waals surface area contributed by atoms with Crippen LogP contribution in [-0.4, -0.2) is 18.6 Å². The molecule has 0 bridgehead atoms. The Hall–Kier alpha value is -0.450. The monoisotopic (exact) mass is 346 g/mol. The van der Waals surface area contributed by atoms with Gasteiger partial charge in [0.05, 0.1) is 6.16 Å². The van der Waals surface area contributed by atoms with Crippen molar-refractivity contribution in [2.75, 3.05) is 6.16 Å². The summed E-state index contributed by atoms with van der Waals surface area (Å²) in [4.78, 5) is 0. The van der Waals surface area contributed by atoms with Crippen LogP contribution in [0.2, 0.25) is 0 Å². The molecular formula is C17H35N2O3P. The highest BCUT2D eigenvalue weighted by molar-refractivity contribution is 7.53. The van der Waals surface area contributed by atoms with E-state index in [2.05, 4.69) is 6.92 Å². The van der Waals surface area contributed by atoms with E-state index in [0.29, 0.717) is 6.16 Å². The first kappa shape index (κ1) is 22.6. The van der Waals surface area contributed by atoms with Crippen molar-refractivity contribution >= 4 is 7.60 Å². The molecule has 6 heteroatoms.